The van der Waals surface area contributed by atoms with E-state index < -0.39 is 15.7 Å². The van der Waals surface area contributed by atoms with E-state index in [2.05, 4.69) is 15.0 Å². The molecule has 0 aliphatic rings. The molecule has 30 heavy (non-hydrogen) atoms. The summed E-state index contributed by atoms with van der Waals surface area (Å²) in [5.41, 5.74) is 6.81. The molecule has 0 unspecified atom stereocenters. The molecule has 8 nitrogen and oxygen atoms in total. The van der Waals surface area contributed by atoms with Gasteiger partial charge in [-0.05, 0) is 31.0 Å². The molecule has 2 aromatic heterocycles. The van der Waals surface area contributed by atoms with Crippen LogP contribution in [0.25, 0.3) is 11.3 Å². The molecule has 0 aliphatic carbocycles. The van der Waals surface area contributed by atoms with Gasteiger partial charge < -0.3 is 15.1 Å². The molecule has 0 saturated heterocycles. The topological polar surface area (TPSA) is 132 Å². The summed E-state index contributed by atoms with van der Waals surface area (Å²) in [4.78, 5) is 22.8. The van der Waals surface area contributed by atoms with Crippen molar-refractivity contribution in [2.45, 2.75) is 43.0 Å². The number of benzene rings is 1. The van der Waals surface area contributed by atoms with Gasteiger partial charge in [0.25, 0.3) is 5.89 Å². The zero-order valence-corrected chi connectivity index (χ0v) is 17.3. The molecule has 0 bridgehead atoms. The maximum atomic E-state index is 14.3. The number of aromatic amines is 1. The summed E-state index contributed by atoms with van der Waals surface area (Å²) >= 11 is 0. The maximum absolute atomic E-state index is 14.3. The Balaban J connectivity index is 1.51. The zero-order chi connectivity index (χ0) is 21.7. The van der Waals surface area contributed by atoms with Gasteiger partial charge in [0, 0.05) is 18.2 Å². The summed E-state index contributed by atoms with van der Waals surface area (Å²) in [6, 6.07) is 3.39. The molecule has 3 aromatic rings. The first-order chi connectivity index (χ1) is 14.3. The van der Waals surface area contributed by atoms with Crippen LogP contribution in [0.5, 0.6) is 0 Å². The van der Waals surface area contributed by atoms with Crippen LogP contribution in [0.3, 0.4) is 0 Å². The minimum atomic E-state index is -3.48. The van der Waals surface area contributed by atoms with Crippen molar-refractivity contribution in [1.82, 2.24) is 15.0 Å². The van der Waals surface area contributed by atoms with E-state index in [4.69, 9.17) is 10.2 Å². The van der Waals surface area contributed by atoms with Crippen LogP contribution in [-0.2, 0) is 9.84 Å². The van der Waals surface area contributed by atoms with Crippen LogP contribution in [0.2, 0.25) is 0 Å². The lowest BCUT2D eigenvalue weighted by Gasteiger charge is -2.08. The summed E-state index contributed by atoms with van der Waals surface area (Å²) in [6.07, 6.45) is 8.64. The summed E-state index contributed by atoms with van der Waals surface area (Å²) in [6.45, 7) is 0. The number of carbonyl (C=O) groups excluding carboxylic acids is 1. The molecule has 0 aliphatic heterocycles. The van der Waals surface area contributed by atoms with E-state index in [1.807, 2.05) is 0 Å². The van der Waals surface area contributed by atoms with Gasteiger partial charge in [0.2, 0.25) is 5.78 Å². The Morgan fingerprint density at radius 1 is 1.27 bits per heavy atom. The maximum Gasteiger partial charge on any atom is 0.263 e. The van der Waals surface area contributed by atoms with Crippen LogP contribution in [0.1, 0.15) is 54.7 Å². The highest BCUT2D eigenvalue weighted by Gasteiger charge is 2.16. The van der Waals surface area contributed by atoms with E-state index in [0.717, 1.165) is 25.2 Å². The number of unbranched alkanes of at least 4 members (excludes halogenated alkanes) is 2. The second-order valence-corrected chi connectivity index (χ2v) is 9.08. The van der Waals surface area contributed by atoms with Crippen molar-refractivity contribution in [2.24, 2.45) is 5.73 Å². The van der Waals surface area contributed by atoms with E-state index in [-0.39, 0.29) is 28.2 Å². The van der Waals surface area contributed by atoms with Crippen LogP contribution in [0.4, 0.5) is 4.39 Å². The SMILES string of the molecule is CS(=O)(=O)c1ccc(-c2cnc([C@@H](N)CCCCCC(=O)c3ncco3)[nH]2)c(F)c1. The average Bonchev–Trinajstić information content (AvgIpc) is 3.39. The lowest BCUT2D eigenvalue weighted by molar-refractivity contribution is 0.0945. The first-order valence-electron chi connectivity index (χ1n) is 9.49. The Morgan fingerprint density at radius 3 is 2.73 bits per heavy atom. The van der Waals surface area contributed by atoms with Crippen molar-refractivity contribution >= 4 is 15.6 Å². The number of nitrogens with two attached hydrogens (primary N) is 1. The van der Waals surface area contributed by atoms with Gasteiger partial charge in [-0.3, -0.25) is 4.79 Å². The standard InChI is InChI=1S/C20H23FN4O4S/c1-30(27,28)13-7-8-14(15(21)11-13)17-12-24-19(25-17)16(22)5-3-2-4-6-18(26)20-23-9-10-29-20/h7-12,16H,2-6,22H2,1H3,(H,24,25)/t16-/m0/s1. The second-order valence-electron chi connectivity index (χ2n) is 7.06. The van der Waals surface area contributed by atoms with E-state index in [0.29, 0.717) is 30.8 Å². The number of carbonyl (C=O) groups is 1. The Hall–Kier alpha value is -2.85. The predicted octanol–water partition coefficient (Wildman–Crippen LogP) is 3.44. The van der Waals surface area contributed by atoms with Crippen molar-refractivity contribution in [3.05, 3.63) is 54.4 Å². The van der Waals surface area contributed by atoms with E-state index in [1.54, 1.807) is 0 Å². The molecule has 0 saturated carbocycles. The lowest BCUT2D eigenvalue weighted by Crippen LogP contribution is -2.12. The van der Waals surface area contributed by atoms with Gasteiger partial charge in [-0.15, -0.1) is 0 Å². The molecule has 3 rings (SSSR count). The monoisotopic (exact) mass is 434 g/mol. The third-order valence-electron chi connectivity index (χ3n) is 4.70. The number of hydrogen-bond donors (Lipinski definition) is 2. The average molecular weight is 434 g/mol. The molecular weight excluding hydrogens is 411 g/mol. The number of hydrogen-bond acceptors (Lipinski definition) is 7. The first kappa shape index (κ1) is 21.8. The fraction of sp³-hybridized carbons (Fsp3) is 0.350. The predicted molar refractivity (Wildman–Crippen MR) is 108 cm³/mol. The molecule has 2 heterocycles. The minimum Gasteiger partial charge on any atom is -0.442 e. The fourth-order valence-electron chi connectivity index (χ4n) is 3.04. The van der Waals surface area contributed by atoms with Crippen molar-refractivity contribution in [1.29, 1.82) is 0 Å². The number of sulfone groups is 1. The molecule has 0 amide bonds. The Morgan fingerprint density at radius 2 is 2.07 bits per heavy atom. The van der Waals surface area contributed by atoms with Gasteiger partial charge in [-0.1, -0.05) is 12.8 Å². The number of oxazole rings is 1. The molecule has 0 radical (unpaired) electrons. The number of nitrogens with one attached hydrogen (secondary N) is 1. The van der Waals surface area contributed by atoms with Gasteiger partial charge in [0.05, 0.1) is 29.0 Å². The van der Waals surface area contributed by atoms with Gasteiger partial charge in [0.15, 0.2) is 9.84 Å². The Labute approximate surface area is 173 Å². The first-order valence-corrected chi connectivity index (χ1v) is 11.4. The Kier molecular flexibility index (Phi) is 6.78. The van der Waals surface area contributed by atoms with Crippen molar-refractivity contribution < 1.29 is 22.0 Å². The second kappa shape index (κ2) is 9.31. The van der Waals surface area contributed by atoms with Gasteiger partial charge in [0.1, 0.15) is 17.9 Å². The highest BCUT2D eigenvalue weighted by atomic mass is 32.2. The Bertz CT molecular complexity index is 1110. The summed E-state index contributed by atoms with van der Waals surface area (Å²) in [5.74, 6) is -0.125. The van der Waals surface area contributed by atoms with Crippen LogP contribution in [0.15, 0.2) is 46.2 Å². The van der Waals surface area contributed by atoms with Crippen molar-refractivity contribution in [3.63, 3.8) is 0 Å². The number of nitrogens with zero attached hydrogens (tertiary/aromatic N) is 2. The number of Topliss-reactive ketones (excluding diaryl/α,β-unsaturated/α-hetero) is 1. The molecule has 0 spiro atoms. The van der Waals surface area contributed by atoms with Crippen LogP contribution in [0, 0.1) is 5.82 Å². The van der Waals surface area contributed by atoms with E-state index >= 15 is 0 Å². The smallest absolute Gasteiger partial charge is 0.263 e. The quantitative estimate of drug-likeness (QED) is 0.369. The molecule has 160 valence electrons. The minimum absolute atomic E-state index is 0.0819. The highest BCUT2D eigenvalue weighted by molar-refractivity contribution is 7.90. The lowest BCUT2D eigenvalue weighted by atomic mass is 10.1. The van der Waals surface area contributed by atoms with Gasteiger partial charge >= 0.3 is 0 Å². The van der Waals surface area contributed by atoms with Crippen LogP contribution in [-0.4, -0.2) is 35.4 Å². The highest BCUT2D eigenvalue weighted by Crippen LogP contribution is 2.25. The zero-order valence-electron chi connectivity index (χ0n) is 16.5. The summed E-state index contributed by atoms with van der Waals surface area (Å²) in [5, 5.41) is 0. The van der Waals surface area contributed by atoms with E-state index in [9.17, 15) is 17.6 Å². The summed E-state index contributed by atoms with van der Waals surface area (Å²) < 4.78 is 42.4. The molecule has 1 aromatic carbocycles. The molecule has 10 heteroatoms. The number of aromatic nitrogens is 3. The van der Waals surface area contributed by atoms with Crippen LogP contribution < -0.4 is 5.73 Å². The molecule has 0 fully saturated rings. The van der Waals surface area contributed by atoms with Gasteiger partial charge in [-0.25, -0.2) is 22.8 Å². The van der Waals surface area contributed by atoms with Crippen molar-refractivity contribution in [2.75, 3.05) is 6.26 Å². The third kappa shape index (κ3) is 5.39. The number of ketones is 1. The van der Waals surface area contributed by atoms with Gasteiger partial charge in [-0.2, -0.15) is 0 Å². The fourth-order valence-corrected chi connectivity index (χ4v) is 3.67. The summed E-state index contributed by atoms with van der Waals surface area (Å²) in [7, 11) is -3.48. The normalized spacial score (nSPS) is 12.8. The van der Waals surface area contributed by atoms with E-state index in [1.165, 1.54) is 30.8 Å². The molecular formula is C20H23FN4O4S. The number of H-pyrrole nitrogens is 1. The number of rotatable bonds is 10. The number of halogens is 1. The largest absolute Gasteiger partial charge is 0.442 e. The molecule has 3 N–H and O–H groups in total. The van der Waals surface area contributed by atoms with Crippen molar-refractivity contribution in [3.8, 4) is 11.3 Å². The third-order valence-corrected chi connectivity index (χ3v) is 5.81. The number of imidazole rings is 1. The molecule has 1 atom stereocenters. The van der Waals surface area contributed by atoms with Crippen LogP contribution >= 0.6 is 0 Å².